The molecule has 0 radical (unpaired) electrons. The molecule has 0 aliphatic carbocycles. The number of carbonyl (C=O) groups excluding carboxylic acids is 3. The van der Waals surface area contributed by atoms with E-state index >= 15 is 0 Å². The van der Waals surface area contributed by atoms with Gasteiger partial charge in [0.05, 0.1) is 13.2 Å². The molecule has 9 heteroatoms. The molecule has 4 N–H and O–H groups in total. The number of nitrogens with one attached hydrogen (secondary N) is 2. The van der Waals surface area contributed by atoms with E-state index in [-0.39, 0.29) is 30.9 Å². The molecule has 2 atom stereocenters. The van der Waals surface area contributed by atoms with Crippen molar-refractivity contribution in [2.45, 2.75) is 148 Å². The molecule has 0 fully saturated rings. The van der Waals surface area contributed by atoms with Crippen molar-refractivity contribution in [1.82, 2.24) is 10.6 Å². The monoisotopic (exact) mass is 751 g/mol. The van der Waals surface area contributed by atoms with Crippen molar-refractivity contribution in [2.24, 2.45) is 0 Å². The van der Waals surface area contributed by atoms with Gasteiger partial charge < -0.3 is 25.6 Å². The molecule has 54 heavy (non-hydrogen) atoms. The first-order chi connectivity index (χ1) is 26.3. The van der Waals surface area contributed by atoms with Gasteiger partial charge in [0.1, 0.15) is 12.1 Å². The molecule has 0 saturated heterocycles. The van der Waals surface area contributed by atoms with Crippen molar-refractivity contribution in [3.05, 3.63) is 97.2 Å². The summed E-state index contributed by atoms with van der Waals surface area (Å²) in [5, 5.41) is 22.4. The van der Waals surface area contributed by atoms with Crippen LogP contribution in [0.4, 0.5) is 0 Å². The predicted molar refractivity (Wildman–Crippen MR) is 222 cm³/mol. The average molecular weight is 751 g/mol. The van der Waals surface area contributed by atoms with Gasteiger partial charge in [-0.1, -0.05) is 131 Å². The van der Waals surface area contributed by atoms with Gasteiger partial charge in [-0.25, -0.2) is 4.79 Å². The summed E-state index contributed by atoms with van der Waals surface area (Å²) in [5.41, 5.74) is 0. The molecule has 0 bridgehead atoms. The minimum atomic E-state index is -1.40. The van der Waals surface area contributed by atoms with E-state index in [0.29, 0.717) is 12.8 Å². The molecule has 0 aromatic rings. The van der Waals surface area contributed by atoms with Gasteiger partial charge in [0, 0.05) is 12.8 Å². The number of unbranched alkanes of at least 4 members (excludes halogenated alkanes) is 6. The maximum atomic E-state index is 12.6. The third-order valence-corrected chi connectivity index (χ3v) is 8.05. The molecule has 9 nitrogen and oxygen atoms in total. The van der Waals surface area contributed by atoms with Crippen molar-refractivity contribution in [3.8, 4) is 0 Å². The molecular formula is C45H70N2O7. The fraction of sp³-hybridized carbons (Fsp3) is 0.556. The summed E-state index contributed by atoms with van der Waals surface area (Å²) < 4.78 is 5.80. The van der Waals surface area contributed by atoms with Gasteiger partial charge in [-0.3, -0.25) is 14.4 Å². The molecule has 0 saturated carbocycles. The second-order valence-corrected chi connectivity index (χ2v) is 13.0. The Balaban J connectivity index is 4.15. The fourth-order valence-electron chi connectivity index (χ4n) is 4.95. The van der Waals surface area contributed by atoms with Gasteiger partial charge in [-0.2, -0.15) is 0 Å². The first kappa shape index (κ1) is 49.8. The predicted octanol–water partition coefficient (Wildman–Crippen LogP) is 9.48. The Labute approximate surface area is 326 Å². The van der Waals surface area contributed by atoms with E-state index in [1.165, 1.54) is 0 Å². The summed E-state index contributed by atoms with van der Waals surface area (Å²) in [5.74, 6) is -2.50. The van der Waals surface area contributed by atoms with E-state index < -0.39 is 24.5 Å². The van der Waals surface area contributed by atoms with Crippen molar-refractivity contribution >= 4 is 23.8 Å². The summed E-state index contributed by atoms with van der Waals surface area (Å²) in [4.78, 5) is 47.2. The number of esters is 1. The molecule has 0 aromatic heterocycles. The number of aliphatic hydroxyl groups excluding tert-OH is 1. The minimum absolute atomic E-state index is 0.181. The summed E-state index contributed by atoms with van der Waals surface area (Å²) in [6.07, 6.45) is 50.6. The van der Waals surface area contributed by atoms with Crippen LogP contribution in [0.2, 0.25) is 0 Å². The number of hydrogen-bond acceptors (Lipinski definition) is 6. The van der Waals surface area contributed by atoms with Gasteiger partial charge in [-0.05, 0) is 89.5 Å². The number of carbonyl (C=O) groups is 4. The van der Waals surface area contributed by atoms with E-state index in [4.69, 9.17) is 14.9 Å². The zero-order chi connectivity index (χ0) is 39.7. The summed E-state index contributed by atoms with van der Waals surface area (Å²) in [6.45, 7) is 3.22. The minimum Gasteiger partial charge on any atom is -0.480 e. The number of aliphatic carboxylic acids is 1. The van der Waals surface area contributed by atoms with Crippen LogP contribution < -0.4 is 10.6 Å². The highest BCUT2D eigenvalue weighted by molar-refractivity contribution is 5.87. The topological polar surface area (TPSA) is 142 Å². The standard InChI is InChI=1S/C45H70N2O7/c1-3-5-7-9-10-11-12-13-14-15-16-17-18-19-20-21-22-23-24-25-26-27-33-37-44(51)54-40(34-30-8-6-4-2)35-31-28-29-32-36-42(49)46-38-43(50)47-41(39-48)45(52)53/h5,7,10-11,13-14,16-17,19-20,22-23,25-26,30,34,40-41,48H,3-4,6,8-9,12,15,18,21,24,27-29,31-33,35-39H2,1-2H3,(H,46,49)(H,47,50)(H,52,53)/b7-5-,11-10-,14-13-,17-16-,20-19-,23-22-,26-25-,34-30-. The van der Waals surface area contributed by atoms with Crippen LogP contribution in [0.1, 0.15) is 136 Å². The van der Waals surface area contributed by atoms with Crippen molar-refractivity contribution in [1.29, 1.82) is 0 Å². The Kier molecular flexibility index (Phi) is 35.5. The number of ether oxygens (including phenoxy) is 1. The number of carboxylic acid groups (broad SMARTS) is 1. The van der Waals surface area contributed by atoms with Crippen LogP contribution in [0.25, 0.3) is 0 Å². The molecular weight excluding hydrogens is 681 g/mol. The normalized spacial score (nSPS) is 13.5. The van der Waals surface area contributed by atoms with E-state index in [1.807, 2.05) is 6.08 Å². The first-order valence-corrected chi connectivity index (χ1v) is 20.1. The Morgan fingerprint density at radius 3 is 1.63 bits per heavy atom. The maximum Gasteiger partial charge on any atom is 0.328 e. The maximum absolute atomic E-state index is 12.6. The highest BCUT2D eigenvalue weighted by Gasteiger charge is 2.18. The summed E-state index contributed by atoms with van der Waals surface area (Å²) in [6, 6.07) is -1.40. The van der Waals surface area contributed by atoms with Crippen LogP contribution in [0.3, 0.4) is 0 Å². The third-order valence-electron chi connectivity index (χ3n) is 8.05. The fourth-order valence-corrected chi connectivity index (χ4v) is 4.95. The number of amides is 2. The SMILES string of the molecule is CC/C=C\C/C=C\C/C=C\C/C=C\C/C=C\C/C=C\C/C=C\CCCC(=O)OC(/C=C\CCCC)CCCCCCC(=O)NCC(=O)NC(CO)C(=O)O. The molecule has 0 aliphatic heterocycles. The van der Waals surface area contributed by atoms with Crippen LogP contribution in [0.5, 0.6) is 0 Å². The molecule has 2 unspecified atom stereocenters. The second kappa shape index (κ2) is 38.5. The number of allylic oxidation sites excluding steroid dienone is 15. The lowest BCUT2D eigenvalue weighted by Crippen LogP contribution is -2.47. The van der Waals surface area contributed by atoms with Crippen molar-refractivity contribution < 1.29 is 34.1 Å². The number of rotatable bonds is 34. The molecule has 302 valence electrons. The molecule has 0 heterocycles. The van der Waals surface area contributed by atoms with Gasteiger partial charge in [-0.15, -0.1) is 0 Å². The average Bonchev–Trinajstić information content (AvgIpc) is 3.16. The Bertz CT molecular complexity index is 1230. The molecule has 0 aliphatic rings. The van der Waals surface area contributed by atoms with Gasteiger partial charge in [0.15, 0.2) is 0 Å². The summed E-state index contributed by atoms with van der Waals surface area (Å²) in [7, 11) is 0. The summed E-state index contributed by atoms with van der Waals surface area (Å²) >= 11 is 0. The lowest BCUT2D eigenvalue weighted by atomic mass is 10.1. The highest BCUT2D eigenvalue weighted by atomic mass is 16.5. The number of carboxylic acids is 1. The van der Waals surface area contributed by atoms with Crippen LogP contribution in [0, 0.1) is 0 Å². The molecule has 0 spiro atoms. The number of hydrogen-bond donors (Lipinski definition) is 4. The van der Waals surface area contributed by atoms with Crippen molar-refractivity contribution in [3.63, 3.8) is 0 Å². The zero-order valence-electron chi connectivity index (χ0n) is 33.2. The molecule has 0 rings (SSSR count). The lowest BCUT2D eigenvalue weighted by Gasteiger charge is -2.14. The van der Waals surface area contributed by atoms with Crippen LogP contribution in [0.15, 0.2) is 97.2 Å². The Morgan fingerprint density at radius 1 is 0.593 bits per heavy atom. The van der Waals surface area contributed by atoms with Crippen LogP contribution >= 0.6 is 0 Å². The van der Waals surface area contributed by atoms with Gasteiger partial charge >= 0.3 is 11.9 Å². The smallest absolute Gasteiger partial charge is 0.328 e. The van der Waals surface area contributed by atoms with Crippen LogP contribution in [-0.2, 0) is 23.9 Å². The van der Waals surface area contributed by atoms with Crippen molar-refractivity contribution in [2.75, 3.05) is 13.2 Å². The lowest BCUT2D eigenvalue weighted by molar-refractivity contribution is -0.147. The second-order valence-electron chi connectivity index (χ2n) is 13.0. The first-order valence-electron chi connectivity index (χ1n) is 20.1. The quantitative estimate of drug-likeness (QED) is 0.0292. The number of aliphatic hydroxyl groups is 1. The third kappa shape index (κ3) is 34.8. The molecule has 0 aromatic carbocycles. The van der Waals surface area contributed by atoms with E-state index in [1.54, 1.807) is 0 Å². The highest BCUT2D eigenvalue weighted by Crippen LogP contribution is 2.13. The van der Waals surface area contributed by atoms with Gasteiger partial charge in [0.25, 0.3) is 0 Å². The van der Waals surface area contributed by atoms with E-state index in [0.717, 1.165) is 103 Å². The Morgan fingerprint density at radius 2 is 1.11 bits per heavy atom. The van der Waals surface area contributed by atoms with Gasteiger partial charge in [0.2, 0.25) is 11.8 Å². The van der Waals surface area contributed by atoms with Crippen LogP contribution in [-0.4, -0.2) is 59.3 Å². The van der Waals surface area contributed by atoms with E-state index in [9.17, 15) is 19.2 Å². The Hall–Kier alpha value is -4.24. The zero-order valence-corrected chi connectivity index (χ0v) is 33.2. The molecule has 2 amide bonds. The van der Waals surface area contributed by atoms with E-state index in [2.05, 4.69) is 116 Å². The largest absolute Gasteiger partial charge is 0.480 e.